The maximum absolute atomic E-state index is 2.36. The molecule has 1 aliphatic carbocycles. The van der Waals surface area contributed by atoms with Gasteiger partial charge in [0, 0.05) is 9.61 Å². The lowest BCUT2D eigenvalue weighted by Gasteiger charge is -2.24. The minimum Gasteiger partial charge on any atom is -0.302 e. The van der Waals surface area contributed by atoms with Gasteiger partial charge in [0.1, 0.15) is 0 Å². The fraction of sp³-hybridized carbons (Fsp3) is 0.500. The maximum atomic E-state index is 2.36. The third-order valence-electron chi connectivity index (χ3n) is 2.84. The van der Waals surface area contributed by atoms with Crippen molar-refractivity contribution < 1.29 is 0 Å². The summed E-state index contributed by atoms with van der Waals surface area (Å²) in [6.07, 6.45) is 2.80. The van der Waals surface area contributed by atoms with Crippen LogP contribution in [0.25, 0.3) is 0 Å². The first-order chi connectivity index (χ1) is 6.68. The Kier molecular flexibility index (Phi) is 3.12. The van der Waals surface area contributed by atoms with E-state index in [9.17, 15) is 0 Å². The molecule has 1 unspecified atom stereocenters. The molecule has 0 spiro atoms. The number of nitrogens with zero attached hydrogens (tertiary/aromatic N) is 1. The van der Waals surface area contributed by atoms with E-state index in [1.165, 1.54) is 22.0 Å². The van der Waals surface area contributed by atoms with Crippen LogP contribution in [0.4, 0.5) is 0 Å². The fourth-order valence-electron chi connectivity index (χ4n) is 2.06. The molecule has 0 amide bonds. The van der Waals surface area contributed by atoms with Crippen LogP contribution in [0.3, 0.4) is 0 Å². The molecule has 1 aromatic rings. The van der Waals surface area contributed by atoms with E-state index in [0.717, 1.165) is 5.92 Å². The maximum Gasteiger partial charge on any atom is 0.0370 e. The van der Waals surface area contributed by atoms with Gasteiger partial charge in [0.05, 0.1) is 0 Å². The van der Waals surface area contributed by atoms with Crippen LogP contribution in [0.2, 0.25) is 0 Å². The lowest BCUT2D eigenvalue weighted by atomic mass is 10.0. The predicted octanol–water partition coefficient (Wildman–Crippen LogP) is 3.30. The average Bonchev–Trinajstić information content (AvgIpc) is 2.92. The molecule has 2 rings (SSSR count). The van der Waals surface area contributed by atoms with E-state index in [0.29, 0.717) is 6.04 Å². The zero-order valence-corrected chi connectivity index (χ0v) is 10.9. The second kappa shape index (κ2) is 4.19. The smallest absolute Gasteiger partial charge is 0.0370 e. The first kappa shape index (κ1) is 10.4. The van der Waals surface area contributed by atoms with Gasteiger partial charge in [-0.3, -0.25) is 0 Å². The minimum absolute atomic E-state index is 0.631. The van der Waals surface area contributed by atoms with Crippen molar-refractivity contribution in [2.45, 2.75) is 18.9 Å². The van der Waals surface area contributed by atoms with Crippen molar-refractivity contribution in [3.63, 3.8) is 0 Å². The van der Waals surface area contributed by atoms with Gasteiger partial charge in [-0.05, 0) is 73.1 Å². The van der Waals surface area contributed by atoms with Crippen LogP contribution in [-0.2, 0) is 0 Å². The highest BCUT2D eigenvalue weighted by atomic mass is 127. The van der Waals surface area contributed by atoms with E-state index in [1.807, 2.05) is 0 Å². The molecule has 0 heterocycles. The largest absolute Gasteiger partial charge is 0.302 e. The van der Waals surface area contributed by atoms with Crippen LogP contribution in [0.15, 0.2) is 24.3 Å². The molecule has 2 heteroatoms. The van der Waals surface area contributed by atoms with Gasteiger partial charge in [-0.2, -0.15) is 0 Å². The molecule has 0 saturated heterocycles. The van der Waals surface area contributed by atoms with Gasteiger partial charge in [0.25, 0.3) is 0 Å². The Hall–Kier alpha value is -0.0900. The van der Waals surface area contributed by atoms with Gasteiger partial charge < -0.3 is 4.90 Å². The van der Waals surface area contributed by atoms with Gasteiger partial charge in [-0.15, -0.1) is 0 Å². The fourth-order valence-corrected chi connectivity index (χ4v) is 2.42. The molecular weight excluding hydrogens is 285 g/mol. The van der Waals surface area contributed by atoms with E-state index < -0.39 is 0 Å². The summed E-state index contributed by atoms with van der Waals surface area (Å²) in [5, 5.41) is 0. The standard InChI is InChI=1S/C12H16IN/c1-14(2)12(9-3-4-9)10-5-7-11(13)8-6-10/h5-9,12H,3-4H2,1-2H3. The van der Waals surface area contributed by atoms with Crippen molar-refractivity contribution in [3.8, 4) is 0 Å². The van der Waals surface area contributed by atoms with Crippen LogP contribution in [0, 0.1) is 9.49 Å². The quantitative estimate of drug-likeness (QED) is 0.774. The Labute approximate surface area is 99.6 Å². The summed E-state index contributed by atoms with van der Waals surface area (Å²) in [7, 11) is 4.36. The normalized spacial score (nSPS) is 18.6. The number of rotatable bonds is 3. The Balaban J connectivity index is 2.21. The van der Waals surface area contributed by atoms with Crippen LogP contribution in [-0.4, -0.2) is 19.0 Å². The Morgan fingerprint density at radius 3 is 2.21 bits per heavy atom. The molecular formula is C12H16IN. The number of benzene rings is 1. The van der Waals surface area contributed by atoms with Crippen molar-refractivity contribution in [3.05, 3.63) is 33.4 Å². The number of hydrogen-bond acceptors (Lipinski definition) is 1. The third kappa shape index (κ3) is 2.28. The zero-order valence-electron chi connectivity index (χ0n) is 8.70. The second-order valence-electron chi connectivity index (χ2n) is 4.30. The summed E-state index contributed by atoms with van der Waals surface area (Å²) in [5.41, 5.74) is 1.47. The summed E-state index contributed by atoms with van der Waals surface area (Å²) in [4.78, 5) is 2.35. The van der Waals surface area contributed by atoms with Gasteiger partial charge in [0.15, 0.2) is 0 Å². The third-order valence-corrected chi connectivity index (χ3v) is 3.56. The summed E-state index contributed by atoms with van der Waals surface area (Å²) in [6, 6.07) is 9.57. The van der Waals surface area contributed by atoms with E-state index in [4.69, 9.17) is 0 Å². The molecule has 76 valence electrons. The summed E-state index contributed by atoms with van der Waals surface area (Å²) < 4.78 is 1.32. The second-order valence-corrected chi connectivity index (χ2v) is 5.54. The molecule has 1 atom stereocenters. The van der Waals surface area contributed by atoms with Crippen molar-refractivity contribution in [1.29, 1.82) is 0 Å². The lowest BCUT2D eigenvalue weighted by Crippen LogP contribution is -2.21. The SMILES string of the molecule is CN(C)C(c1ccc(I)cc1)C1CC1. The number of halogens is 1. The van der Waals surface area contributed by atoms with Crippen molar-refractivity contribution >= 4 is 22.6 Å². The van der Waals surface area contributed by atoms with E-state index in [2.05, 4.69) is 65.9 Å². The highest BCUT2D eigenvalue weighted by Crippen LogP contribution is 2.43. The average molecular weight is 301 g/mol. The summed E-state index contributed by atoms with van der Waals surface area (Å²) in [5.74, 6) is 0.894. The van der Waals surface area contributed by atoms with E-state index in [1.54, 1.807) is 0 Å². The monoisotopic (exact) mass is 301 g/mol. The Bertz CT molecular complexity index is 299. The zero-order chi connectivity index (χ0) is 10.1. The molecule has 0 bridgehead atoms. The minimum atomic E-state index is 0.631. The van der Waals surface area contributed by atoms with Gasteiger partial charge in [-0.1, -0.05) is 12.1 Å². The number of hydrogen-bond donors (Lipinski definition) is 0. The van der Waals surface area contributed by atoms with Crippen molar-refractivity contribution in [1.82, 2.24) is 4.90 Å². The summed E-state index contributed by atoms with van der Waals surface area (Å²) in [6.45, 7) is 0. The molecule has 1 fully saturated rings. The van der Waals surface area contributed by atoms with Gasteiger partial charge in [-0.25, -0.2) is 0 Å². The Morgan fingerprint density at radius 2 is 1.79 bits per heavy atom. The van der Waals surface area contributed by atoms with Gasteiger partial charge >= 0.3 is 0 Å². The van der Waals surface area contributed by atoms with Gasteiger partial charge in [0.2, 0.25) is 0 Å². The Morgan fingerprint density at radius 1 is 1.21 bits per heavy atom. The topological polar surface area (TPSA) is 3.24 Å². The highest BCUT2D eigenvalue weighted by molar-refractivity contribution is 14.1. The van der Waals surface area contributed by atoms with E-state index >= 15 is 0 Å². The molecule has 1 saturated carbocycles. The molecule has 0 aliphatic heterocycles. The van der Waals surface area contributed by atoms with Crippen LogP contribution < -0.4 is 0 Å². The lowest BCUT2D eigenvalue weighted by molar-refractivity contribution is 0.269. The molecule has 1 aromatic carbocycles. The molecule has 0 aromatic heterocycles. The summed E-state index contributed by atoms with van der Waals surface area (Å²) >= 11 is 2.36. The van der Waals surface area contributed by atoms with Crippen molar-refractivity contribution in [2.24, 2.45) is 5.92 Å². The first-order valence-electron chi connectivity index (χ1n) is 5.10. The molecule has 0 radical (unpaired) electrons. The highest BCUT2D eigenvalue weighted by Gasteiger charge is 2.33. The first-order valence-corrected chi connectivity index (χ1v) is 6.18. The van der Waals surface area contributed by atoms with Crippen LogP contribution >= 0.6 is 22.6 Å². The molecule has 0 N–H and O–H groups in total. The molecule has 1 nitrogen and oxygen atoms in total. The van der Waals surface area contributed by atoms with Crippen LogP contribution in [0.5, 0.6) is 0 Å². The van der Waals surface area contributed by atoms with Crippen LogP contribution in [0.1, 0.15) is 24.4 Å². The molecule has 14 heavy (non-hydrogen) atoms. The van der Waals surface area contributed by atoms with Crippen molar-refractivity contribution in [2.75, 3.05) is 14.1 Å². The predicted molar refractivity (Wildman–Crippen MR) is 68.3 cm³/mol. The molecule has 1 aliphatic rings. The van der Waals surface area contributed by atoms with E-state index in [-0.39, 0.29) is 0 Å².